The van der Waals surface area contributed by atoms with E-state index in [0.717, 1.165) is 57.8 Å². The van der Waals surface area contributed by atoms with Gasteiger partial charge in [0.15, 0.2) is 0 Å². The fraction of sp³-hybridized carbons (Fsp3) is 0.882. The Morgan fingerprint density at radius 3 is 1.25 bits per heavy atom. The molecule has 0 aromatic carbocycles. The van der Waals surface area contributed by atoms with Crippen LogP contribution in [0.25, 0.3) is 0 Å². The number of amides is 1. The van der Waals surface area contributed by atoms with Gasteiger partial charge in [-0.3, -0.25) is 9.59 Å². The number of ether oxygens (including phenoxy) is 1. The smallest absolute Gasteiger partial charge is 0.305 e. The molecule has 0 aromatic rings. The third-order valence-corrected chi connectivity index (χ3v) is 11.5. The summed E-state index contributed by atoms with van der Waals surface area (Å²) < 4.78 is 5.45. The van der Waals surface area contributed by atoms with Gasteiger partial charge in [-0.05, 0) is 57.8 Å². The molecule has 0 aromatic heterocycles. The molecule has 336 valence electrons. The number of carbonyl (C=O) groups excluding carboxylic acids is 2. The predicted molar refractivity (Wildman–Crippen MR) is 246 cm³/mol. The van der Waals surface area contributed by atoms with Crippen LogP contribution in [0.5, 0.6) is 0 Å². The Hall–Kier alpha value is -1.66. The lowest BCUT2D eigenvalue weighted by molar-refractivity contribution is -0.143. The van der Waals surface area contributed by atoms with Crippen LogP contribution in [0.1, 0.15) is 264 Å². The molecule has 6 nitrogen and oxygen atoms in total. The Bertz CT molecular complexity index is 889. The first-order valence-corrected chi connectivity index (χ1v) is 25.1. The molecular weight excluding hydrogens is 707 g/mol. The number of hydrogen-bond donors (Lipinski definition) is 3. The minimum atomic E-state index is -0.850. The molecule has 0 fully saturated rings. The third-order valence-electron chi connectivity index (χ3n) is 11.5. The predicted octanol–water partition coefficient (Wildman–Crippen LogP) is 14.7. The van der Waals surface area contributed by atoms with Crippen molar-refractivity contribution in [1.29, 1.82) is 0 Å². The minimum Gasteiger partial charge on any atom is -0.466 e. The molecule has 2 atom stereocenters. The Balaban J connectivity index is 3.48. The molecule has 0 aliphatic rings. The number of nitrogens with one attached hydrogen (secondary N) is 1. The van der Waals surface area contributed by atoms with Crippen molar-refractivity contribution in [2.45, 2.75) is 276 Å². The highest BCUT2D eigenvalue weighted by atomic mass is 16.5. The van der Waals surface area contributed by atoms with Gasteiger partial charge in [-0.1, -0.05) is 218 Å². The number of rotatable bonds is 46. The SMILES string of the molecule is CCCCCCCCCCC/C=C/C(O)C(CO)NC(=O)CCCCCCCCC/C=C\CCCCCCCCOC(=O)CCCCCCCCCCCCCC. The van der Waals surface area contributed by atoms with E-state index in [2.05, 4.69) is 31.3 Å². The first-order chi connectivity index (χ1) is 28.0. The van der Waals surface area contributed by atoms with Crippen LogP contribution < -0.4 is 5.32 Å². The number of carbonyl (C=O) groups is 2. The normalized spacial score (nSPS) is 12.8. The molecule has 0 rings (SSSR count). The van der Waals surface area contributed by atoms with Gasteiger partial charge in [0.25, 0.3) is 0 Å². The Labute approximate surface area is 354 Å². The zero-order valence-corrected chi connectivity index (χ0v) is 38.1. The van der Waals surface area contributed by atoms with Gasteiger partial charge in [-0.25, -0.2) is 0 Å². The second kappa shape index (κ2) is 47.0. The van der Waals surface area contributed by atoms with Gasteiger partial charge in [-0.2, -0.15) is 0 Å². The Kier molecular flexibility index (Phi) is 45.7. The highest BCUT2D eigenvalue weighted by Gasteiger charge is 2.18. The lowest BCUT2D eigenvalue weighted by Crippen LogP contribution is -2.45. The van der Waals surface area contributed by atoms with Crippen molar-refractivity contribution in [2.75, 3.05) is 13.2 Å². The maximum Gasteiger partial charge on any atom is 0.305 e. The monoisotopic (exact) mass is 804 g/mol. The van der Waals surface area contributed by atoms with Crippen LogP contribution in [0.4, 0.5) is 0 Å². The molecule has 57 heavy (non-hydrogen) atoms. The zero-order chi connectivity index (χ0) is 41.5. The average molecular weight is 804 g/mol. The summed E-state index contributed by atoms with van der Waals surface area (Å²) >= 11 is 0. The first kappa shape index (κ1) is 55.3. The van der Waals surface area contributed by atoms with Gasteiger partial charge < -0.3 is 20.3 Å². The second-order valence-electron chi connectivity index (χ2n) is 17.1. The molecule has 0 bridgehead atoms. The lowest BCUT2D eigenvalue weighted by atomic mass is 10.0. The van der Waals surface area contributed by atoms with Crippen LogP contribution in [-0.4, -0.2) is 47.4 Å². The van der Waals surface area contributed by atoms with Crippen molar-refractivity contribution in [3.05, 3.63) is 24.3 Å². The summed E-state index contributed by atoms with van der Waals surface area (Å²) in [6.07, 6.45) is 54.6. The number of aliphatic hydroxyl groups excluding tert-OH is 2. The maximum atomic E-state index is 12.4. The highest BCUT2D eigenvalue weighted by molar-refractivity contribution is 5.76. The molecule has 0 saturated heterocycles. The summed E-state index contributed by atoms with van der Waals surface area (Å²) in [4.78, 5) is 24.4. The summed E-state index contributed by atoms with van der Waals surface area (Å²) in [5, 5.41) is 22.9. The van der Waals surface area contributed by atoms with Gasteiger partial charge in [0.2, 0.25) is 5.91 Å². The first-order valence-electron chi connectivity index (χ1n) is 25.1. The van der Waals surface area contributed by atoms with Gasteiger partial charge >= 0.3 is 5.97 Å². The molecule has 0 heterocycles. The highest BCUT2D eigenvalue weighted by Crippen LogP contribution is 2.15. The fourth-order valence-electron chi connectivity index (χ4n) is 7.57. The van der Waals surface area contributed by atoms with Gasteiger partial charge in [0, 0.05) is 12.8 Å². The van der Waals surface area contributed by atoms with E-state index >= 15 is 0 Å². The molecule has 1 amide bonds. The van der Waals surface area contributed by atoms with E-state index in [-0.39, 0.29) is 18.5 Å². The summed E-state index contributed by atoms with van der Waals surface area (Å²) in [7, 11) is 0. The van der Waals surface area contributed by atoms with E-state index in [9.17, 15) is 19.8 Å². The number of aliphatic hydroxyl groups is 2. The minimum absolute atomic E-state index is 0.00268. The fourth-order valence-corrected chi connectivity index (χ4v) is 7.57. The maximum absolute atomic E-state index is 12.4. The zero-order valence-electron chi connectivity index (χ0n) is 38.1. The number of allylic oxidation sites excluding steroid dienone is 3. The van der Waals surface area contributed by atoms with Crippen LogP contribution in [0, 0.1) is 0 Å². The van der Waals surface area contributed by atoms with E-state index in [1.54, 1.807) is 6.08 Å². The topological polar surface area (TPSA) is 95.9 Å². The number of unbranched alkanes of at least 4 members (excludes halogenated alkanes) is 33. The van der Waals surface area contributed by atoms with E-state index in [1.807, 2.05) is 6.08 Å². The van der Waals surface area contributed by atoms with Crippen LogP contribution in [0.3, 0.4) is 0 Å². The summed E-state index contributed by atoms with van der Waals surface area (Å²) in [5.74, 6) is -0.0843. The summed E-state index contributed by atoms with van der Waals surface area (Å²) in [6, 6.07) is -0.634. The van der Waals surface area contributed by atoms with Crippen molar-refractivity contribution in [3.8, 4) is 0 Å². The Morgan fingerprint density at radius 1 is 0.474 bits per heavy atom. The quantitative estimate of drug-likeness (QED) is 0.0324. The van der Waals surface area contributed by atoms with Crippen LogP contribution in [-0.2, 0) is 14.3 Å². The molecule has 0 aliphatic carbocycles. The second-order valence-corrected chi connectivity index (χ2v) is 17.1. The van der Waals surface area contributed by atoms with Crippen LogP contribution in [0.15, 0.2) is 24.3 Å². The molecule has 6 heteroatoms. The molecule has 3 N–H and O–H groups in total. The van der Waals surface area contributed by atoms with Crippen LogP contribution >= 0.6 is 0 Å². The third kappa shape index (κ3) is 43.7. The molecule has 2 unspecified atom stereocenters. The standard InChI is InChI=1S/C51H97NO5/c1-3-5-7-9-11-13-15-25-29-33-37-41-45-51(56)57-46-42-38-34-30-26-22-20-18-16-17-19-21-24-28-32-36-40-44-50(55)52-48(47-53)49(54)43-39-35-31-27-23-14-12-10-8-6-4-2/h16,18,39,43,48-49,53-54H,3-15,17,19-38,40-42,44-47H2,1-2H3,(H,52,55)/b18-16-,43-39+. The van der Waals surface area contributed by atoms with Crippen LogP contribution in [0.2, 0.25) is 0 Å². The summed E-state index contributed by atoms with van der Waals surface area (Å²) in [6.45, 7) is 4.86. The van der Waals surface area contributed by atoms with Crippen molar-refractivity contribution in [1.82, 2.24) is 5.32 Å². The van der Waals surface area contributed by atoms with Gasteiger partial charge in [-0.15, -0.1) is 0 Å². The Morgan fingerprint density at radius 2 is 0.825 bits per heavy atom. The van der Waals surface area contributed by atoms with E-state index in [4.69, 9.17) is 4.74 Å². The largest absolute Gasteiger partial charge is 0.466 e. The van der Waals surface area contributed by atoms with Crippen molar-refractivity contribution >= 4 is 11.9 Å². The molecule has 0 saturated carbocycles. The van der Waals surface area contributed by atoms with E-state index in [1.165, 1.54) is 180 Å². The van der Waals surface area contributed by atoms with Crippen molar-refractivity contribution in [3.63, 3.8) is 0 Å². The molecule has 0 radical (unpaired) electrons. The van der Waals surface area contributed by atoms with Gasteiger partial charge in [0.05, 0.1) is 25.4 Å². The molecular formula is C51H97NO5. The van der Waals surface area contributed by atoms with Gasteiger partial charge in [0.1, 0.15) is 0 Å². The van der Waals surface area contributed by atoms with E-state index in [0.29, 0.717) is 19.4 Å². The molecule has 0 spiro atoms. The number of esters is 1. The lowest BCUT2D eigenvalue weighted by Gasteiger charge is -2.20. The van der Waals surface area contributed by atoms with Crippen molar-refractivity contribution in [2.24, 2.45) is 0 Å². The number of hydrogen-bond acceptors (Lipinski definition) is 5. The summed E-state index contributed by atoms with van der Waals surface area (Å²) in [5.41, 5.74) is 0. The average Bonchev–Trinajstić information content (AvgIpc) is 3.21. The van der Waals surface area contributed by atoms with E-state index < -0.39 is 12.1 Å². The van der Waals surface area contributed by atoms with Crippen molar-refractivity contribution < 1.29 is 24.5 Å². The molecule has 0 aliphatic heterocycles.